The smallest absolute Gasteiger partial charge is 0.339 e. The lowest BCUT2D eigenvalue weighted by Gasteiger charge is -2.18. The SMILES string of the molecule is CC(C)NC(=O)C(C)Oc1c(Cl)cccc1C(=O)O. The van der Waals surface area contributed by atoms with Crippen molar-refractivity contribution in [3.8, 4) is 5.75 Å². The van der Waals surface area contributed by atoms with Crippen molar-refractivity contribution in [1.29, 1.82) is 0 Å². The van der Waals surface area contributed by atoms with Crippen LogP contribution in [0.2, 0.25) is 5.02 Å². The maximum absolute atomic E-state index is 11.7. The first-order valence-electron chi connectivity index (χ1n) is 5.81. The number of carbonyl (C=O) groups is 2. The number of carboxylic acid groups (broad SMARTS) is 1. The van der Waals surface area contributed by atoms with E-state index in [-0.39, 0.29) is 28.3 Å². The monoisotopic (exact) mass is 285 g/mol. The molecule has 0 saturated heterocycles. The van der Waals surface area contributed by atoms with E-state index < -0.39 is 12.1 Å². The summed E-state index contributed by atoms with van der Waals surface area (Å²) in [4.78, 5) is 22.8. The molecule has 0 heterocycles. The Balaban J connectivity index is 2.93. The topological polar surface area (TPSA) is 75.6 Å². The second-order valence-electron chi connectivity index (χ2n) is 4.35. The number of ether oxygens (including phenoxy) is 1. The molecule has 0 aliphatic heterocycles. The van der Waals surface area contributed by atoms with Gasteiger partial charge in [0.25, 0.3) is 5.91 Å². The van der Waals surface area contributed by atoms with Gasteiger partial charge < -0.3 is 15.2 Å². The summed E-state index contributed by atoms with van der Waals surface area (Å²) in [5.41, 5.74) is -0.0725. The number of amides is 1. The fraction of sp³-hybridized carbons (Fsp3) is 0.385. The molecule has 0 radical (unpaired) electrons. The van der Waals surface area contributed by atoms with Gasteiger partial charge in [0, 0.05) is 6.04 Å². The molecule has 1 rings (SSSR count). The zero-order valence-electron chi connectivity index (χ0n) is 10.9. The molecule has 0 spiro atoms. The average molecular weight is 286 g/mol. The Kier molecular flexibility index (Phi) is 5.18. The Morgan fingerprint density at radius 1 is 1.32 bits per heavy atom. The van der Waals surface area contributed by atoms with Crippen molar-refractivity contribution >= 4 is 23.5 Å². The van der Waals surface area contributed by atoms with Crippen LogP contribution in [0.25, 0.3) is 0 Å². The van der Waals surface area contributed by atoms with Gasteiger partial charge in [-0.15, -0.1) is 0 Å². The fourth-order valence-electron chi connectivity index (χ4n) is 1.43. The van der Waals surface area contributed by atoms with Gasteiger partial charge in [0.1, 0.15) is 5.56 Å². The van der Waals surface area contributed by atoms with E-state index in [4.69, 9.17) is 21.4 Å². The maximum Gasteiger partial charge on any atom is 0.339 e. The molecular formula is C13H16ClNO4. The van der Waals surface area contributed by atoms with Crippen molar-refractivity contribution in [2.75, 3.05) is 0 Å². The third kappa shape index (κ3) is 4.13. The van der Waals surface area contributed by atoms with Crippen LogP contribution in [0.1, 0.15) is 31.1 Å². The number of carboxylic acids is 1. The van der Waals surface area contributed by atoms with Crippen LogP contribution in [-0.4, -0.2) is 29.1 Å². The first-order chi connectivity index (χ1) is 8.82. The molecule has 1 aromatic carbocycles. The number of para-hydroxylation sites is 1. The first kappa shape index (κ1) is 15.3. The van der Waals surface area contributed by atoms with Crippen molar-refractivity contribution in [3.05, 3.63) is 28.8 Å². The highest BCUT2D eigenvalue weighted by molar-refractivity contribution is 6.32. The molecule has 19 heavy (non-hydrogen) atoms. The Morgan fingerprint density at radius 2 is 1.95 bits per heavy atom. The summed E-state index contributed by atoms with van der Waals surface area (Å²) in [5, 5.41) is 11.9. The number of hydrogen-bond donors (Lipinski definition) is 2. The van der Waals surface area contributed by atoms with E-state index in [1.165, 1.54) is 25.1 Å². The number of benzene rings is 1. The van der Waals surface area contributed by atoms with E-state index in [9.17, 15) is 9.59 Å². The molecule has 1 unspecified atom stereocenters. The van der Waals surface area contributed by atoms with Crippen LogP contribution in [0.15, 0.2) is 18.2 Å². The predicted octanol–water partition coefficient (Wildman–Crippen LogP) is 2.33. The molecule has 0 aliphatic rings. The first-order valence-corrected chi connectivity index (χ1v) is 6.19. The normalized spacial score (nSPS) is 12.1. The molecule has 6 heteroatoms. The Morgan fingerprint density at radius 3 is 2.47 bits per heavy atom. The van der Waals surface area contributed by atoms with E-state index >= 15 is 0 Å². The van der Waals surface area contributed by atoms with E-state index in [1.54, 1.807) is 0 Å². The third-order valence-electron chi connectivity index (χ3n) is 2.29. The van der Waals surface area contributed by atoms with Crippen LogP contribution in [0.4, 0.5) is 0 Å². The number of aromatic carboxylic acids is 1. The Labute approximate surface area is 116 Å². The fourth-order valence-corrected chi connectivity index (χ4v) is 1.65. The van der Waals surface area contributed by atoms with E-state index in [0.29, 0.717) is 0 Å². The van der Waals surface area contributed by atoms with E-state index in [0.717, 1.165) is 0 Å². The van der Waals surface area contributed by atoms with Crippen LogP contribution in [-0.2, 0) is 4.79 Å². The van der Waals surface area contributed by atoms with Crippen molar-refractivity contribution in [2.24, 2.45) is 0 Å². The van der Waals surface area contributed by atoms with Crippen LogP contribution in [0, 0.1) is 0 Å². The largest absolute Gasteiger partial charge is 0.478 e. The van der Waals surface area contributed by atoms with Gasteiger partial charge in [-0.05, 0) is 32.9 Å². The minimum absolute atomic E-state index is 0.00285. The van der Waals surface area contributed by atoms with Crippen LogP contribution < -0.4 is 10.1 Å². The van der Waals surface area contributed by atoms with Gasteiger partial charge in [-0.3, -0.25) is 4.79 Å². The maximum atomic E-state index is 11.7. The summed E-state index contributed by atoms with van der Waals surface area (Å²) in [6.07, 6.45) is -0.833. The molecule has 0 fully saturated rings. The summed E-state index contributed by atoms with van der Waals surface area (Å²) in [6, 6.07) is 4.37. The number of nitrogens with one attached hydrogen (secondary N) is 1. The molecule has 0 saturated carbocycles. The van der Waals surface area contributed by atoms with Crippen molar-refractivity contribution in [1.82, 2.24) is 5.32 Å². The minimum atomic E-state index is -1.16. The molecule has 1 aromatic rings. The van der Waals surface area contributed by atoms with Crippen LogP contribution >= 0.6 is 11.6 Å². The molecule has 104 valence electrons. The molecule has 1 atom stereocenters. The molecule has 0 aromatic heterocycles. The lowest BCUT2D eigenvalue weighted by molar-refractivity contribution is -0.127. The number of rotatable bonds is 5. The number of halogens is 1. The Bertz CT molecular complexity index is 488. The highest BCUT2D eigenvalue weighted by Gasteiger charge is 2.21. The Hall–Kier alpha value is -1.75. The summed E-state index contributed by atoms with van der Waals surface area (Å²) in [5.74, 6) is -1.48. The zero-order chi connectivity index (χ0) is 14.6. The van der Waals surface area contributed by atoms with E-state index in [1.807, 2.05) is 13.8 Å². The third-order valence-corrected chi connectivity index (χ3v) is 2.59. The van der Waals surface area contributed by atoms with Gasteiger partial charge in [0.15, 0.2) is 11.9 Å². The second kappa shape index (κ2) is 6.43. The summed E-state index contributed by atoms with van der Waals surface area (Å²) in [6.45, 7) is 5.18. The molecule has 1 amide bonds. The number of carbonyl (C=O) groups excluding carboxylic acids is 1. The molecule has 0 aliphatic carbocycles. The van der Waals surface area contributed by atoms with Gasteiger partial charge in [0.05, 0.1) is 5.02 Å². The lowest BCUT2D eigenvalue weighted by atomic mass is 10.2. The molecule has 2 N–H and O–H groups in total. The predicted molar refractivity (Wildman–Crippen MR) is 71.8 cm³/mol. The summed E-state index contributed by atoms with van der Waals surface area (Å²) in [7, 11) is 0. The van der Waals surface area contributed by atoms with Gasteiger partial charge in [-0.2, -0.15) is 0 Å². The van der Waals surface area contributed by atoms with Gasteiger partial charge in [0.2, 0.25) is 0 Å². The quantitative estimate of drug-likeness (QED) is 0.870. The average Bonchev–Trinajstić information content (AvgIpc) is 2.30. The number of hydrogen-bond acceptors (Lipinski definition) is 3. The van der Waals surface area contributed by atoms with Gasteiger partial charge >= 0.3 is 5.97 Å². The lowest BCUT2D eigenvalue weighted by Crippen LogP contribution is -2.40. The van der Waals surface area contributed by atoms with Gasteiger partial charge in [-0.25, -0.2) is 4.79 Å². The van der Waals surface area contributed by atoms with Crippen molar-refractivity contribution in [3.63, 3.8) is 0 Å². The molecule has 0 bridgehead atoms. The van der Waals surface area contributed by atoms with Crippen molar-refractivity contribution in [2.45, 2.75) is 32.9 Å². The van der Waals surface area contributed by atoms with Gasteiger partial charge in [-0.1, -0.05) is 17.7 Å². The van der Waals surface area contributed by atoms with Crippen molar-refractivity contribution < 1.29 is 19.4 Å². The zero-order valence-corrected chi connectivity index (χ0v) is 11.7. The molecule has 5 nitrogen and oxygen atoms in total. The van der Waals surface area contributed by atoms with Crippen LogP contribution in [0.5, 0.6) is 5.75 Å². The van der Waals surface area contributed by atoms with Crippen LogP contribution in [0.3, 0.4) is 0 Å². The molecular weight excluding hydrogens is 270 g/mol. The van der Waals surface area contributed by atoms with E-state index in [2.05, 4.69) is 5.32 Å². The highest BCUT2D eigenvalue weighted by Crippen LogP contribution is 2.29. The minimum Gasteiger partial charge on any atom is -0.478 e. The highest BCUT2D eigenvalue weighted by atomic mass is 35.5. The summed E-state index contributed by atoms with van der Waals surface area (Å²) >= 11 is 5.91. The summed E-state index contributed by atoms with van der Waals surface area (Å²) < 4.78 is 5.38. The second-order valence-corrected chi connectivity index (χ2v) is 4.75. The standard InChI is InChI=1S/C13H16ClNO4/c1-7(2)15-12(16)8(3)19-11-9(13(17)18)5-4-6-10(11)14/h4-8H,1-3H3,(H,15,16)(H,17,18).